The highest BCUT2D eigenvalue weighted by Crippen LogP contribution is 2.52. The minimum atomic E-state index is -0.444. The Kier molecular flexibility index (Phi) is 4.12. The fourth-order valence-corrected chi connectivity index (χ4v) is 6.82. The van der Waals surface area contributed by atoms with E-state index in [0.717, 1.165) is 59.5 Å². The Bertz CT molecular complexity index is 1260. The van der Waals surface area contributed by atoms with Crippen LogP contribution in [0.2, 0.25) is 0 Å². The molecule has 31 heavy (non-hydrogen) atoms. The van der Waals surface area contributed by atoms with Crippen molar-refractivity contribution in [3.63, 3.8) is 0 Å². The second-order valence-corrected chi connectivity index (χ2v) is 9.51. The lowest BCUT2D eigenvalue weighted by molar-refractivity contribution is -0.116. The van der Waals surface area contributed by atoms with E-state index in [1.807, 2.05) is 12.1 Å². The Labute approximate surface area is 184 Å². The Morgan fingerprint density at radius 2 is 2.06 bits per heavy atom. The molecule has 0 radical (unpaired) electrons. The fraction of sp³-hybridized carbons (Fsp3) is 0.333. The van der Waals surface area contributed by atoms with Gasteiger partial charge in [-0.3, -0.25) is 14.7 Å². The minimum Gasteiger partial charge on any atom is -0.383 e. The molecule has 2 aromatic heterocycles. The quantitative estimate of drug-likeness (QED) is 0.740. The summed E-state index contributed by atoms with van der Waals surface area (Å²) in [5.41, 5.74) is 11.9. The second-order valence-electron chi connectivity index (χ2n) is 8.43. The summed E-state index contributed by atoms with van der Waals surface area (Å²) in [7, 11) is 0. The number of pyridine rings is 1. The number of carbonyl (C=O) groups is 1. The number of ketones is 1. The van der Waals surface area contributed by atoms with Crippen LogP contribution in [0, 0.1) is 11.3 Å². The van der Waals surface area contributed by atoms with E-state index in [-0.39, 0.29) is 5.78 Å². The maximum Gasteiger partial charge on any atom is 0.161 e. The van der Waals surface area contributed by atoms with Crippen molar-refractivity contribution < 1.29 is 4.79 Å². The van der Waals surface area contributed by atoms with Crippen molar-refractivity contribution in [3.8, 4) is 6.07 Å². The molecule has 0 amide bonds. The Morgan fingerprint density at radius 3 is 2.87 bits per heavy atom. The zero-order valence-electron chi connectivity index (χ0n) is 17.0. The van der Waals surface area contributed by atoms with E-state index in [2.05, 4.69) is 16.0 Å². The Balaban J connectivity index is 1.65. The lowest BCUT2D eigenvalue weighted by Crippen LogP contribution is -2.38. The van der Waals surface area contributed by atoms with Crippen molar-refractivity contribution in [2.24, 2.45) is 10.7 Å². The number of thiophene rings is 1. The number of anilines is 1. The molecule has 0 spiro atoms. The van der Waals surface area contributed by atoms with Gasteiger partial charge < -0.3 is 5.73 Å². The van der Waals surface area contributed by atoms with Gasteiger partial charge in [-0.05, 0) is 55.7 Å². The third kappa shape index (κ3) is 2.58. The molecule has 154 valence electrons. The van der Waals surface area contributed by atoms with Gasteiger partial charge in [-0.15, -0.1) is 11.3 Å². The molecule has 0 aromatic carbocycles. The molecule has 0 saturated carbocycles. The van der Waals surface area contributed by atoms with E-state index in [0.29, 0.717) is 23.7 Å². The number of Topliss-reactive ketones (excluding diaryl/α,β-unsaturated/α-hetero) is 1. The van der Waals surface area contributed by atoms with Crippen LogP contribution in [-0.2, 0) is 17.6 Å². The van der Waals surface area contributed by atoms with E-state index in [9.17, 15) is 10.1 Å². The molecule has 0 bridgehead atoms. The first-order chi connectivity index (χ1) is 15.2. The van der Waals surface area contributed by atoms with Crippen LogP contribution in [0.4, 0.5) is 5.00 Å². The van der Waals surface area contributed by atoms with Gasteiger partial charge in [0.05, 0.1) is 23.1 Å². The molecule has 0 fully saturated rings. The molecule has 6 rings (SSSR count). The van der Waals surface area contributed by atoms with Gasteiger partial charge in [0, 0.05) is 35.0 Å². The molecular formula is C24H21N5OS. The molecule has 4 aliphatic rings. The van der Waals surface area contributed by atoms with Gasteiger partial charge in [0.25, 0.3) is 0 Å². The molecule has 4 heterocycles. The van der Waals surface area contributed by atoms with Crippen LogP contribution in [0.25, 0.3) is 0 Å². The van der Waals surface area contributed by atoms with Gasteiger partial charge in [-0.1, -0.05) is 6.07 Å². The van der Waals surface area contributed by atoms with E-state index in [1.54, 1.807) is 23.7 Å². The number of nitrogens with zero attached hydrogens (tertiary/aromatic N) is 4. The monoisotopic (exact) mass is 427 g/mol. The van der Waals surface area contributed by atoms with Crippen LogP contribution < -0.4 is 10.6 Å². The number of hydrogen-bond acceptors (Lipinski definition) is 7. The Morgan fingerprint density at radius 1 is 1.19 bits per heavy atom. The highest BCUT2D eigenvalue weighted by Gasteiger charge is 2.44. The summed E-state index contributed by atoms with van der Waals surface area (Å²) < 4.78 is 0. The number of aliphatic imine (C=N–C) groups is 1. The summed E-state index contributed by atoms with van der Waals surface area (Å²) in [6.45, 7) is 0. The summed E-state index contributed by atoms with van der Waals surface area (Å²) in [4.78, 5) is 25.7. The predicted molar refractivity (Wildman–Crippen MR) is 120 cm³/mol. The first-order valence-corrected chi connectivity index (χ1v) is 11.6. The first kappa shape index (κ1) is 18.5. The van der Waals surface area contributed by atoms with Gasteiger partial charge >= 0.3 is 0 Å². The SMILES string of the molecule is N#CC1=C2N=C(N)c3c(sc4c3CCCC4)N2C2=C(C(=O)CCC2)C1c1cccnc1. The van der Waals surface area contributed by atoms with Crippen LogP contribution in [-0.4, -0.2) is 16.6 Å². The number of nitrogens with two attached hydrogens (primary N) is 1. The van der Waals surface area contributed by atoms with Crippen molar-refractivity contribution in [1.29, 1.82) is 5.26 Å². The number of aromatic nitrogens is 1. The summed E-state index contributed by atoms with van der Waals surface area (Å²) >= 11 is 1.76. The zero-order valence-corrected chi connectivity index (χ0v) is 17.8. The van der Waals surface area contributed by atoms with Crippen LogP contribution >= 0.6 is 11.3 Å². The molecule has 2 aliphatic carbocycles. The molecule has 1 unspecified atom stereocenters. The number of allylic oxidation sites excluding steroid dienone is 3. The van der Waals surface area contributed by atoms with E-state index >= 15 is 0 Å². The largest absolute Gasteiger partial charge is 0.383 e. The zero-order chi connectivity index (χ0) is 21.1. The summed E-state index contributed by atoms with van der Waals surface area (Å²) in [5, 5.41) is 11.3. The van der Waals surface area contributed by atoms with Crippen LogP contribution in [0.15, 0.2) is 52.2 Å². The van der Waals surface area contributed by atoms with Crippen molar-refractivity contribution in [2.75, 3.05) is 4.90 Å². The number of hydrogen-bond donors (Lipinski definition) is 1. The molecule has 6 nitrogen and oxygen atoms in total. The maximum absolute atomic E-state index is 13.2. The molecule has 1 atom stereocenters. The maximum atomic E-state index is 13.2. The van der Waals surface area contributed by atoms with Gasteiger partial charge in [0.1, 0.15) is 10.8 Å². The van der Waals surface area contributed by atoms with Gasteiger partial charge in [0.15, 0.2) is 11.6 Å². The topological polar surface area (TPSA) is 95.4 Å². The van der Waals surface area contributed by atoms with E-state index in [4.69, 9.17) is 10.7 Å². The number of rotatable bonds is 1. The standard InChI is InChI=1S/C24H21N5OS/c25-11-15-19(13-5-4-10-27-12-13)21-16(7-3-8-17(21)30)29-23(15)28-22(26)20-14-6-1-2-9-18(14)31-24(20)29/h4-5,10,12,19H,1-3,6-9H2,(H2,26,28). The highest BCUT2D eigenvalue weighted by molar-refractivity contribution is 7.17. The predicted octanol–water partition coefficient (Wildman–Crippen LogP) is 4.09. The summed E-state index contributed by atoms with van der Waals surface area (Å²) in [6, 6.07) is 6.16. The fourth-order valence-electron chi connectivity index (χ4n) is 5.39. The first-order valence-electron chi connectivity index (χ1n) is 10.8. The number of amidine groups is 1. The molecular weight excluding hydrogens is 406 g/mol. The average Bonchev–Trinajstić information content (AvgIpc) is 3.19. The smallest absolute Gasteiger partial charge is 0.161 e. The van der Waals surface area contributed by atoms with Crippen LogP contribution in [0.5, 0.6) is 0 Å². The molecule has 2 N–H and O–H groups in total. The second kappa shape index (κ2) is 6.89. The number of aryl methyl sites for hydroxylation is 1. The number of fused-ring (bicyclic) bond motifs is 6. The normalized spacial score (nSPS) is 22.3. The molecule has 2 aliphatic heterocycles. The molecule has 2 aromatic rings. The van der Waals surface area contributed by atoms with Gasteiger partial charge in [-0.2, -0.15) is 5.26 Å². The van der Waals surface area contributed by atoms with Gasteiger partial charge in [0.2, 0.25) is 0 Å². The average molecular weight is 428 g/mol. The lowest BCUT2D eigenvalue weighted by Gasteiger charge is -2.40. The summed E-state index contributed by atoms with van der Waals surface area (Å²) in [6.07, 6.45) is 9.97. The number of carbonyl (C=O) groups excluding carboxylic acids is 1. The van der Waals surface area contributed by atoms with Gasteiger partial charge in [-0.25, -0.2) is 4.99 Å². The van der Waals surface area contributed by atoms with Crippen LogP contribution in [0.1, 0.15) is 59.6 Å². The highest BCUT2D eigenvalue weighted by atomic mass is 32.1. The molecule has 7 heteroatoms. The summed E-state index contributed by atoms with van der Waals surface area (Å²) in [5.74, 6) is 0.741. The van der Waals surface area contributed by atoms with E-state index in [1.165, 1.54) is 16.9 Å². The minimum absolute atomic E-state index is 0.118. The van der Waals surface area contributed by atoms with Crippen LogP contribution in [0.3, 0.4) is 0 Å². The molecule has 0 saturated heterocycles. The van der Waals surface area contributed by atoms with Crippen molar-refractivity contribution in [3.05, 3.63) is 68.8 Å². The third-order valence-corrected chi connectivity index (χ3v) is 7.98. The number of nitriles is 1. The lowest BCUT2D eigenvalue weighted by atomic mass is 9.76. The van der Waals surface area contributed by atoms with Crippen molar-refractivity contribution in [2.45, 2.75) is 50.9 Å². The van der Waals surface area contributed by atoms with E-state index < -0.39 is 5.92 Å². The third-order valence-electron chi connectivity index (χ3n) is 6.71. The van der Waals surface area contributed by atoms with Crippen molar-refractivity contribution in [1.82, 2.24) is 4.98 Å². The Hall–Kier alpha value is -3.24. The van der Waals surface area contributed by atoms with Crippen molar-refractivity contribution >= 4 is 28.0 Å².